The predicted molar refractivity (Wildman–Crippen MR) is 71.8 cm³/mol. The Morgan fingerprint density at radius 1 is 1.50 bits per heavy atom. The van der Waals surface area contributed by atoms with Crippen LogP contribution in [-0.2, 0) is 6.54 Å². The van der Waals surface area contributed by atoms with Gasteiger partial charge in [0.05, 0.1) is 11.7 Å². The smallest absolute Gasteiger partial charge is 0.262 e. The summed E-state index contributed by atoms with van der Waals surface area (Å²) >= 11 is 4.96. The molecule has 0 bridgehead atoms. The van der Waals surface area contributed by atoms with Crippen molar-refractivity contribution in [3.63, 3.8) is 0 Å². The van der Waals surface area contributed by atoms with Crippen LogP contribution in [0.3, 0.4) is 0 Å². The Labute approximate surface area is 106 Å². The second-order valence-electron chi connectivity index (χ2n) is 3.75. The molecule has 2 aromatic rings. The molecule has 5 heteroatoms. The quantitative estimate of drug-likeness (QED) is 0.817. The number of hydrogen-bond acceptors (Lipinski definition) is 3. The van der Waals surface area contributed by atoms with Crippen molar-refractivity contribution in [2.45, 2.75) is 26.8 Å². The molecule has 0 amide bonds. The van der Waals surface area contributed by atoms with Gasteiger partial charge in [0.1, 0.15) is 4.83 Å². The van der Waals surface area contributed by atoms with Crippen molar-refractivity contribution in [2.24, 2.45) is 0 Å². The monoisotopic (exact) mass is 300 g/mol. The molecule has 0 unspecified atom stereocenters. The zero-order valence-electron chi connectivity index (χ0n) is 9.29. The zero-order chi connectivity index (χ0) is 11.7. The second-order valence-corrected chi connectivity index (χ2v) is 5.75. The van der Waals surface area contributed by atoms with Crippen LogP contribution in [0.25, 0.3) is 10.2 Å². The molecule has 0 saturated carbocycles. The molecule has 86 valence electrons. The molecular formula is C11H13BrN2OS. The van der Waals surface area contributed by atoms with Crippen molar-refractivity contribution in [1.29, 1.82) is 0 Å². The molecule has 2 rings (SSSR count). The highest BCUT2D eigenvalue weighted by Crippen LogP contribution is 2.25. The van der Waals surface area contributed by atoms with E-state index >= 15 is 0 Å². The molecule has 0 aliphatic rings. The number of halogens is 1. The van der Waals surface area contributed by atoms with Gasteiger partial charge in [0.2, 0.25) is 0 Å². The number of aromatic nitrogens is 2. The van der Waals surface area contributed by atoms with Gasteiger partial charge in [-0.1, -0.05) is 15.9 Å². The molecule has 2 heterocycles. The Balaban J connectivity index is 2.59. The van der Waals surface area contributed by atoms with Crippen LogP contribution in [0.4, 0.5) is 0 Å². The fourth-order valence-corrected chi connectivity index (χ4v) is 2.90. The van der Waals surface area contributed by atoms with Crippen LogP contribution in [0.2, 0.25) is 0 Å². The van der Waals surface area contributed by atoms with Gasteiger partial charge in [-0.2, -0.15) is 0 Å². The standard InChI is InChI=1S/C11H13BrN2OS/c1-7-8(2)16-10-9(7)11(15)14(6-13-10)5-3-4-12/h6H,3-5H2,1-2H3. The van der Waals surface area contributed by atoms with Gasteiger partial charge in [-0.25, -0.2) is 4.98 Å². The molecule has 0 spiro atoms. The third-order valence-electron chi connectivity index (χ3n) is 2.69. The zero-order valence-corrected chi connectivity index (χ0v) is 11.7. The van der Waals surface area contributed by atoms with Gasteiger partial charge < -0.3 is 0 Å². The summed E-state index contributed by atoms with van der Waals surface area (Å²) in [5.41, 5.74) is 1.17. The first-order valence-corrected chi connectivity index (χ1v) is 7.10. The number of hydrogen-bond donors (Lipinski definition) is 0. The van der Waals surface area contributed by atoms with Crippen LogP contribution in [0.15, 0.2) is 11.1 Å². The van der Waals surface area contributed by atoms with Crippen LogP contribution in [0, 0.1) is 13.8 Å². The van der Waals surface area contributed by atoms with Gasteiger partial charge in [-0.15, -0.1) is 11.3 Å². The van der Waals surface area contributed by atoms with E-state index in [1.807, 2.05) is 13.8 Å². The van der Waals surface area contributed by atoms with Crippen molar-refractivity contribution in [3.8, 4) is 0 Å². The highest BCUT2D eigenvalue weighted by Gasteiger charge is 2.11. The van der Waals surface area contributed by atoms with Crippen molar-refractivity contribution in [2.75, 3.05) is 5.33 Å². The first-order chi connectivity index (χ1) is 7.65. The fourth-order valence-electron chi connectivity index (χ4n) is 1.66. The van der Waals surface area contributed by atoms with E-state index in [0.29, 0.717) is 0 Å². The van der Waals surface area contributed by atoms with Gasteiger partial charge in [0, 0.05) is 16.8 Å². The van der Waals surface area contributed by atoms with E-state index in [9.17, 15) is 4.79 Å². The lowest BCUT2D eigenvalue weighted by molar-refractivity contribution is 0.654. The Bertz CT molecular complexity index is 573. The lowest BCUT2D eigenvalue weighted by Crippen LogP contribution is -2.20. The summed E-state index contributed by atoms with van der Waals surface area (Å²) in [4.78, 5) is 18.6. The summed E-state index contributed by atoms with van der Waals surface area (Å²) < 4.78 is 1.70. The highest BCUT2D eigenvalue weighted by molar-refractivity contribution is 9.09. The Morgan fingerprint density at radius 2 is 2.25 bits per heavy atom. The summed E-state index contributed by atoms with van der Waals surface area (Å²) in [5.74, 6) is 0. The summed E-state index contributed by atoms with van der Waals surface area (Å²) in [6.45, 7) is 4.75. The van der Waals surface area contributed by atoms with E-state index in [0.717, 1.165) is 34.1 Å². The largest absolute Gasteiger partial charge is 0.299 e. The number of alkyl halides is 1. The maximum atomic E-state index is 12.2. The lowest BCUT2D eigenvalue weighted by atomic mass is 10.2. The Kier molecular flexibility index (Phi) is 3.44. The minimum Gasteiger partial charge on any atom is -0.299 e. The Morgan fingerprint density at radius 3 is 2.94 bits per heavy atom. The van der Waals surface area contributed by atoms with E-state index in [1.54, 1.807) is 22.2 Å². The van der Waals surface area contributed by atoms with Crippen molar-refractivity contribution in [1.82, 2.24) is 9.55 Å². The van der Waals surface area contributed by atoms with Crippen LogP contribution in [0.1, 0.15) is 16.9 Å². The van der Waals surface area contributed by atoms with E-state index < -0.39 is 0 Å². The number of nitrogens with zero attached hydrogens (tertiary/aromatic N) is 2. The first kappa shape index (κ1) is 11.8. The Hall–Kier alpha value is -0.680. The third-order valence-corrected chi connectivity index (χ3v) is 4.36. The average molecular weight is 301 g/mol. The maximum Gasteiger partial charge on any atom is 0.262 e. The number of thiophene rings is 1. The SMILES string of the molecule is Cc1sc2ncn(CCCBr)c(=O)c2c1C. The van der Waals surface area contributed by atoms with E-state index in [1.165, 1.54) is 4.88 Å². The van der Waals surface area contributed by atoms with Crippen LogP contribution >= 0.6 is 27.3 Å². The molecule has 0 radical (unpaired) electrons. The molecule has 0 aromatic carbocycles. The molecule has 0 aliphatic carbocycles. The van der Waals surface area contributed by atoms with Crippen LogP contribution < -0.4 is 5.56 Å². The van der Waals surface area contributed by atoms with Crippen molar-refractivity contribution in [3.05, 3.63) is 27.1 Å². The molecule has 2 aromatic heterocycles. The van der Waals surface area contributed by atoms with Crippen LogP contribution in [0.5, 0.6) is 0 Å². The lowest BCUT2D eigenvalue weighted by Gasteiger charge is -2.03. The van der Waals surface area contributed by atoms with E-state index in [2.05, 4.69) is 20.9 Å². The summed E-state index contributed by atoms with van der Waals surface area (Å²) in [6, 6.07) is 0. The van der Waals surface area contributed by atoms with Gasteiger partial charge in [-0.05, 0) is 25.8 Å². The number of rotatable bonds is 3. The molecule has 0 atom stereocenters. The number of fused-ring (bicyclic) bond motifs is 1. The highest BCUT2D eigenvalue weighted by atomic mass is 79.9. The minimum absolute atomic E-state index is 0.0906. The van der Waals surface area contributed by atoms with E-state index in [-0.39, 0.29) is 5.56 Å². The summed E-state index contributed by atoms with van der Waals surface area (Å²) in [5, 5.41) is 1.69. The van der Waals surface area contributed by atoms with Gasteiger partial charge in [-0.3, -0.25) is 9.36 Å². The normalized spacial score (nSPS) is 11.2. The molecule has 0 saturated heterocycles. The predicted octanol–water partition coefficient (Wildman–Crippen LogP) is 2.86. The van der Waals surface area contributed by atoms with Crippen LogP contribution in [-0.4, -0.2) is 14.9 Å². The van der Waals surface area contributed by atoms with E-state index in [4.69, 9.17) is 0 Å². The maximum absolute atomic E-state index is 12.2. The van der Waals surface area contributed by atoms with Crippen molar-refractivity contribution < 1.29 is 0 Å². The molecule has 0 aliphatic heterocycles. The molecule has 3 nitrogen and oxygen atoms in total. The molecular weight excluding hydrogens is 288 g/mol. The minimum atomic E-state index is 0.0906. The van der Waals surface area contributed by atoms with Gasteiger partial charge in [0.15, 0.2) is 0 Å². The number of aryl methyl sites for hydroxylation is 3. The topological polar surface area (TPSA) is 34.9 Å². The van der Waals surface area contributed by atoms with Crippen molar-refractivity contribution >= 4 is 37.5 Å². The van der Waals surface area contributed by atoms with Gasteiger partial charge >= 0.3 is 0 Å². The molecule has 0 fully saturated rings. The molecule has 16 heavy (non-hydrogen) atoms. The van der Waals surface area contributed by atoms with Gasteiger partial charge in [0.25, 0.3) is 5.56 Å². The average Bonchev–Trinajstić information content (AvgIpc) is 2.55. The third kappa shape index (κ3) is 1.94. The fraction of sp³-hybridized carbons (Fsp3) is 0.455. The molecule has 0 N–H and O–H groups in total. The first-order valence-electron chi connectivity index (χ1n) is 5.16. The second kappa shape index (κ2) is 4.67. The summed E-state index contributed by atoms with van der Waals surface area (Å²) in [6.07, 6.45) is 2.60. The summed E-state index contributed by atoms with van der Waals surface area (Å²) in [7, 11) is 0.